The standard InChI is InChI=1S/C8H17NO.2C2H6/c1-10-8-4-7-9-5-2-3-6-9;2*1-2/h2-8H2,1H3;2*1-2H3. The van der Waals surface area contributed by atoms with Gasteiger partial charge in [-0.1, -0.05) is 27.7 Å². The van der Waals surface area contributed by atoms with Gasteiger partial charge in [0.1, 0.15) is 0 Å². The third-order valence-electron chi connectivity index (χ3n) is 2.02. The highest BCUT2D eigenvalue weighted by Crippen LogP contribution is 2.06. The summed E-state index contributed by atoms with van der Waals surface area (Å²) in [5.74, 6) is 0. The number of hydrogen-bond acceptors (Lipinski definition) is 2. The van der Waals surface area contributed by atoms with Crippen molar-refractivity contribution in [3.8, 4) is 0 Å². The molecule has 0 aliphatic carbocycles. The average molecular weight is 203 g/mol. The Morgan fingerprint density at radius 3 is 1.93 bits per heavy atom. The summed E-state index contributed by atoms with van der Waals surface area (Å²) in [5, 5.41) is 0. The van der Waals surface area contributed by atoms with Crippen LogP contribution in [0.5, 0.6) is 0 Å². The molecule has 0 saturated carbocycles. The first-order chi connectivity index (χ1) is 6.93. The molecule has 1 saturated heterocycles. The summed E-state index contributed by atoms with van der Waals surface area (Å²) >= 11 is 0. The lowest BCUT2D eigenvalue weighted by Crippen LogP contribution is -2.21. The van der Waals surface area contributed by atoms with E-state index in [1.54, 1.807) is 7.11 Å². The van der Waals surface area contributed by atoms with Crippen molar-refractivity contribution in [1.29, 1.82) is 0 Å². The molecule has 88 valence electrons. The van der Waals surface area contributed by atoms with Gasteiger partial charge in [0.2, 0.25) is 0 Å². The predicted molar refractivity (Wildman–Crippen MR) is 64.9 cm³/mol. The second-order valence-electron chi connectivity index (χ2n) is 2.90. The Morgan fingerprint density at radius 2 is 1.50 bits per heavy atom. The van der Waals surface area contributed by atoms with Crippen LogP contribution in [0.15, 0.2) is 0 Å². The van der Waals surface area contributed by atoms with Crippen LogP contribution in [0.1, 0.15) is 47.0 Å². The topological polar surface area (TPSA) is 12.5 Å². The van der Waals surface area contributed by atoms with E-state index in [9.17, 15) is 0 Å². The first-order valence-corrected chi connectivity index (χ1v) is 6.15. The second kappa shape index (κ2) is 15.4. The zero-order valence-electron chi connectivity index (χ0n) is 10.8. The van der Waals surface area contributed by atoms with E-state index in [0.717, 1.165) is 6.61 Å². The third kappa shape index (κ3) is 10.0. The van der Waals surface area contributed by atoms with Gasteiger partial charge in [0.25, 0.3) is 0 Å². The molecule has 0 amide bonds. The molecule has 0 aromatic carbocycles. The van der Waals surface area contributed by atoms with E-state index in [4.69, 9.17) is 4.74 Å². The fraction of sp³-hybridized carbons (Fsp3) is 1.00. The summed E-state index contributed by atoms with van der Waals surface area (Å²) in [4.78, 5) is 2.51. The lowest BCUT2D eigenvalue weighted by atomic mass is 10.4. The van der Waals surface area contributed by atoms with E-state index in [2.05, 4.69) is 4.90 Å². The smallest absolute Gasteiger partial charge is 0.0474 e. The van der Waals surface area contributed by atoms with Crippen molar-refractivity contribution in [3.63, 3.8) is 0 Å². The number of nitrogens with zero attached hydrogens (tertiary/aromatic N) is 1. The molecule has 0 aromatic heterocycles. The summed E-state index contributed by atoms with van der Waals surface area (Å²) in [6.45, 7) is 12.8. The number of rotatable bonds is 4. The first kappa shape index (κ1) is 16.4. The molecular formula is C12H29NO. The molecule has 1 aliphatic rings. The van der Waals surface area contributed by atoms with Crippen molar-refractivity contribution in [3.05, 3.63) is 0 Å². The van der Waals surface area contributed by atoms with Crippen molar-refractivity contribution in [2.24, 2.45) is 0 Å². The van der Waals surface area contributed by atoms with Crippen molar-refractivity contribution < 1.29 is 4.74 Å². The van der Waals surface area contributed by atoms with Crippen LogP contribution in [-0.4, -0.2) is 38.3 Å². The van der Waals surface area contributed by atoms with E-state index in [-0.39, 0.29) is 0 Å². The van der Waals surface area contributed by atoms with E-state index in [0.29, 0.717) is 0 Å². The van der Waals surface area contributed by atoms with Gasteiger partial charge < -0.3 is 9.64 Å². The van der Waals surface area contributed by atoms with Crippen molar-refractivity contribution >= 4 is 0 Å². The molecule has 0 spiro atoms. The van der Waals surface area contributed by atoms with Gasteiger partial charge in [-0.05, 0) is 32.4 Å². The molecule has 1 rings (SSSR count). The summed E-state index contributed by atoms with van der Waals surface area (Å²) in [6.07, 6.45) is 3.98. The summed E-state index contributed by atoms with van der Waals surface area (Å²) < 4.78 is 4.97. The number of ether oxygens (including phenoxy) is 1. The maximum Gasteiger partial charge on any atom is 0.0474 e. The Kier molecular flexibility index (Phi) is 18.0. The molecule has 1 aliphatic heterocycles. The molecule has 1 fully saturated rings. The normalized spacial score (nSPS) is 15.2. The van der Waals surface area contributed by atoms with E-state index in [1.807, 2.05) is 27.7 Å². The van der Waals surface area contributed by atoms with E-state index < -0.39 is 0 Å². The van der Waals surface area contributed by atoms with Crippen LogP contribution >= 0.6 is 0 Å². The van der Waals surface area contributed by atoms with Gasteiger partial charge in [-0.2, -0.15) is 0 Å². The molecule has 0 unspecified atom stereocenters. The highest BCUT2D eigenvalue weighted by atomic mass is 16.5. The monoisotopic (exact) mass is 203 g/mol. The molecule has 0 radical (unpaired) electrons. The van der Waals surface area contributed by atoms with Crippen LogP contribution in [-0.2, 0) is 4.74 Å². The van der Waals surface area contributed by atoms with Gasteiger partial charge in [0.15, 0.2) is 0 Å². The van der Waals surface area contributed by atoms with E-state index in [1.165, 1.54) is 38.9 Å². The minimum atomic E-state index is 0.913. The Labute approximate surface area is 90.6 Å². The van der Waals surface area contributed by atoms with Crippen LogP contribution in [0.4, 0.5) is 0 Å². The predicted octanol–water partition coefficient (Wildman–Crippen LogP) is 3.17. The lowest BCUT2D eigenvalue weighted by molar-refractivity contribution is 0.179. The van der Waals surface area contributed by atoms with Gasteiger partial charge in [0, 0.05) is 20.3 Å². The number of hydrogen-bond donors (Lipinski definition) is 0. The van der Waals surface area contributed by atoms with Crippen LogP contribution < -0.4 is 0 Å². The second-order valence-corrected chi connectivity index (χ2v) is 2.90. The Hall–Kier alpha value is -0.0800. The molecule has 1 heterocycles. The Morgan fingerprint density at radius 1 is 1.00 bits per heavy atom. The Bertz CT molecular complexity index is 80.4. The molecule has 14 heavy (non-hydrogen) atoms. The SMILES string of the molecule is CC.CC.COCCCN1CCCC1. The molecule has 0 bridgehead atoms. The first-order valence-electron chi connectivity index (χ1n) is 6.15. The number of methoxy groups -OCH3 is 1. The maximum atomic E-state index is 4.97. The van der Waals surface area contributed by atoms with Crippen molar-refractivity contribution in [2.75, 3.05) is 33.4 Å². The third-order valence-corrected chi connectivity index (χ3v) is 2.02. The van der Waals surface area contributed by atoms with Crippen LogP contribution in [0.2, 0.25) is 0 Å². The maximum absolute atomic E-state index is 4.97. The zero-order chi connectivity index (χ0) is 11.2. The molecule has 2 nitrogen and oxygen atoms in total. The highest BCUT2D eigenvalue weighted by Gasteiger charge is 2.09. The summed E-state index contributed by atoms with van der Waals surface area (Å²) in [5.41, 5.74) is 0. The lowest BCUT2D eigenvalue weighted by Gasteiger charge is -2.12. The molecule has 0 atom stereocenters. The van der Waals surface area contributed by atoms with Gasteiger partial charge in [-0.25, -0.2) is 0 Å². The summed E-state index contributed by atoms with van der Waals surface area (Å²) in [6, 6.07) is 0. The molecule has 2 heteroatoms. The van der Waals surface area contributed by atoms with Crippen LogP contribution in [0.3, 0.4) is 0 Å². The fourth-order valence-corrected chi connectivity index (χ4v) is 1.44. The minimum absolute atomic E-state index is 0.913. The van der Waals surface area contributed by atoms with E-state index >= 15 is 0 Å². The van der Waals surface area contributed by atoms with Gasteiger partial charge in [-0.15, -0.1) is 0 Å². The average Bonchev–Trinajstić information content (AvgIpc) is 2.77. The quantitative estimate of drug-likeness (QED) is 0.651. The van der Waals surface area contributed by atoms with Gasteiger partial charge in [0.05, 0.1) is 0 Å². The van der Waals surface area contributed by atoms with Gasteiger partial charge in [-0.3, -0.25) is 0 Å². The minimum Gasteiger partial charge on any atom is -0.385 e. The summed E-state index contributed by atoms with van der Waals surface area (Å²) in [7, 11) is 1.77. The van der Waals surface area contributed by atoms with Crippen molar-refractivity contribution in [1.82, 2.24) is 4.90 Å². The largest absolute Gasteiger partial charge is 0.385 e. The molecule has 0 aromatic rings. The molecule has 0 N–H and O–H groups in total. The van der Waals surface area contributed by atoms with Gasteiger partial charge >= 0.3 is 0 Å². The Balaban J connectivity index is 0. The van der Waals surface area contributed by atoms with Crippen LogP contribution in [0.25, 0.3) is 0 Å². The zero-order valence-corrected chi connectivity index (χ0v) is 10.8. The molecular weight excluding hydrogens is 174 g/mol. The van der Waals surface area contributed by atoms with Crippen molar-refractivity contribution in [2.45, 2.75) is 47.0 Å². The fourth-order valence-electron chi connectivity index (χ4n) is 1.44. The number of likely N-dealkylation sites (tertiary alicyclic amines) is 1. The highest BCUT2D eigenvalue weighted by molar-refractivity contribution is 4.65. The van der Waals surface area contributed by atoms with Crippen LogP contribution in [0, 0.1) is 0 Å².